The molecule has 0 bridgehead atoms. The molecule has 94 valence electrons. The van der Waals surface area contributed by atoms with E-state index >= 15 is 0 Å². The maximum Gasteiger partial charge on any atom is 0.338 e. The van der Waals surface area contributed by atoms with E-state index in [1.54, 1.807) is 35.1 Å². The van der Waals surface area contributed by atoms with Gasteiger partial charge in [-0.1, -0.05) is 0 Å². The van der Waals surface area contributed by atoms with E-state index in [2.05, 4.69) is 19.9 Å². The molecule has 3 aromatic rings. The van der Waals surface area contributed by atoms with Crippen molar-refractivity contribution in [3.8, 4) is 11.4 Å². The Kier molecular flexibility index (Phi) is 2.68. The molecule has 0 amide bonds. The van der Waals surface area contributed by atoms with Crippen molar-refractivity contribution in [3.05, 3.63) is 48.4 Å². The number of hydrogen-bond acceptors (Lipinski definition) is 5. The van der Waals surface area contributed by atoms with Crippen LogP contribution in [0.5, 0.6) is 0 Å². The first-order valence-corrected chi connectivity index (χ1v) is 5.63. The summed E-state index contributed by atoms with van der Waals surface area (Å²) in [5, 5.41) is 8.16. The third kappa shape index (κ3) is 1.93. The van der Waals surface area contributed by atoms with Crippen molar-refractivity contribution in [3.63, 3.8) is 0 Å². The maximum absolute atomic E-state index is 11.4. The fourth-order valence-corrected chi connectivity index (χ4v) is 1.83. The minimum atomic E-state index is -0.395. The van der Waals surface area contributed by atoms with Gasteiger partial charge >= 0.3 is 5.97 Å². The topological polar surface area (TPSA) is 69.4 Å². The molecule has 0 aliphatic carbocycles. The number of methoxy groups -OCH3 is 1. The quantitative estimate of drug-likeness (QED) is 0.649. The van der Waals surface area contributed by atoms with Crippen LogP contribution in [0, 0.1) is 0 Å². The molecule has 6 nitrogen and oxygen atoms in total. The Hall–Kier alpha value is -2.76. The van der Waals surface area contributed by atoms with Crippen LogP contribution in [0.3, 0.4) is 0 Å². The summed E-state index contributed by atoms with van der Waals surface area (Å²) >= 11 is 0. The van der Waals surface area contributed by atoms with Crippen LogP contribution in [0.15, 0.2) is 42.9 Å². The summed E-state index contributed by atoms with van der Waals surface area (Å²) in [7, 11) is 1.34. The van der Waals surface area contributed by atoms with Gasteiger partial charge in [-0.3, -0.25) is 9.38 Å². The summed E-state index contributed by atoms with van der Waals surface area (Å²) in [6, 6.07) is 7.04. The fourth-order valence-electron chi connectivity index (χ4n) is 1.83. The number of nitrogens with zero attached hydrogens (tertiary/aromatic N) is 4. The normalized spacial score (nSPS) is 10.6. The third-order valence-corrected chi connectivity index (χ3v) is 2.75. The number of pyridine rings is 2. The lowest BCUT2D eigenvalue weighted by Crippen LogP contribution is -2.02. The maximum atomic E-state index is 11.4. The van der Waals surface area contributed by atoms with Gasteiger partial charge in [-0.05, 0) is 24.3 Å². The molecule has 0 saturated heterocycles. The summed E-state index contributed by atoms with van der Waals surface area (Å²) in [6.45, 7) is 0. The number of esters is 1. The minimum Gasteiger partial charge on any atom is -0.465 e. The van der Waals surface area contributed by atoms with Gasteiger partial charge in [0.15, 0.2) is 11.5 Å². The molecule has 0 aliphatic rings. The number of fused-ring (bicyclic) bond motifs is 1. The first-order valence-electron chi connectivity index (χ1n) is 5.63. The Balaban J connectivity index is 2.13. The summed E-state index contributed by atoms with van der Waals surface area (Å²) in [6.07, 6.45) is 5.15. The predicted molar refractivity (Wildman–Crippen MR) is 67.6 cm³/mol. The predicted octanol–water partition coefficient (Wildman–Crippen LogP) is 1.58. The van der Waals surface area contributed by atoms with E-state index in [-0.39, 0.29) is 0 Å². The van der Waals surface area contributed by atoms with Crippen LogP contribution in [0.4, 0.5) is 0 Å². The van der Waals surface area contributed by atoms with Gasteiger partial charge in [0.05, 0.1) is 12.7 Å². The number of hydrogen-bond donors (Lipinski definition) is 0. The number of ether oxygens (including phenoxy) is 1. The molecular weight excluding hydrogens is 244 g/mol. The Morgan fingerprint density at radius 2 is 2.21 bits per heavy atom. The van der Waals surface area contributed by atoms with E-state index in [1.807, 2.05) is 12.1 Å². The van der Waals surface area contributed by atoms with Crippen molar-refractivity contribution < 1.29 is 9.53 Å². The number of rotatable bonds is 2. The van der Waals surface area contributed by atoms with Crippen molar-refractivity contribution in [2.75, 3.05) is 7.11 Å². The third-order valence-electron chi connectivity index (χ3n) is 2.75. The molecule has 3 aromatic heterocycles. The molecule has 0 N–H and O–H groups in total. The van der Waals surface area contributed by atoms with Gasteiger partial charge in [-0.25, -0.2) is 4.79 Å². The second-order valence-corrected chi connectivity index (χ2v) is 3.90. The largest absolute Gasteiger partial charge is 0.465 e. The average molecular weight is 254 g/mol. The van der Waals surface area contributed by atoms with Crippen LogP contribution < -0.4 is 0 Å². The van der Waals surface area contributed by atoms with Crippen molar-refractivity contribution >= 4 is 11.6 Å². The highest BCUT2D eigenvalue weighted by Crippen LogP contribution is 2.17. The van der Waals surface area contributed by atoms with Gasteiger partial charge in [0.1, 0.15) is 0 Å². The first-order chi connectivity index (χ1) is 9.29. The fraction of sp³-hybridized carbons (Fsp3) is 0.0769. The summed E-state index contributed by atoms with van der Waals surface area (Å²) < 4.78 is 6.47. The highest BCUT2D eigenvalue weighted by molar-refractivity contribution is 5.90. The lowest BCUT2D eigenvalue weighted by molar-refractivity contribution is 0.0600. The molecule has 19 heavy (non-hydrogen) atoms. The molecule has 6 heteroatoms. The summed E-state index contributed by atoms with van der Waals surface area (Å²) in [4.78, 5) is 15.5. The second kappa shape index (κ2) is 4.49. The van der Waals surface area contributed by atoms with Gasteiger partial charge in [0.25, 0.3) is 0 Å². The van der Waals surface area contributed by atoms with E-state index in [1.165, 1.54) is 7.11 Å². The van der Waals surface area contributed by atoms with Crippen LogP contribution in [0.2, 0.25) is 0 Å². The highest BCUT2D eigenvalue weighted by atomic mass is 16.5. The Morgan fingerprint density at radius 1 is 1.32 bits per heavy atom. The molecule has 3 heterocycles. The smallest absolute Gasteiger partial charge is 0.338 e. The van der Waals surface area contributed by atoms with E-state index in [0.717, 1.165) is 5.56 Å². The lowest BCUT2D eigenvalue weighted by Gasteiger charge is -2.01. The average Bonchev–Trinajstić information content (AvgIpc) is 2.90. The van der Waals surface area contributed by atoms with Crippen LogP contribution in [-0.2, 0) is 4.74 Å². The van der Waals surface area contributed by atoms with Crippen molar-refractivity contribution in [2.24, 2.45) is 0 Å². The van der Waals surface area contributed by atoms with Crippen LogP contribution in [0.1, 0.15) is 10.4 Å². The Bertz CT molecular complexity index is 737. The number of carbonyl (C=O) groups excluding carboxylic acids is 1. The second-order valence-electron chi connectivity index (χ2n) is 3.90. The zero-order chi connectivity index (χ0) is 13.2. The molecule has 0 fully saturated rings. The van der Waals surface area contributed by atoms with Crippen molar-refractivity contribution in [2.45, 2.75) is 0 Å². The van der Waals surface area contributed by atoms with E-state index < -0.39 is 5.97 Å². The van der Waals surface area contributed by atoms with E-state index in [0.29, 0.717) is 17.0 Å². The van der Waals surface area contributed by atoms with Gasteiger partial charge < -0.3 is 4.74 Å². The number of aromatic nitrogens is 4. The molecule has 0 aliphatic heterocycles. The van der Waals surface area contributed by atoms with Crippen LogP contribution in [0.25, 0.3) is 17.0 Å². The molecule has 0 atom stereocenters. The van der Waals surface area contributed by atoms with Gasteiger partial charge in [0.2, 0.25) is 0 Å². The summed E-state index contributed by atoms with van der Waals surface area (Å²) in [5.74, 6) is 0.285. The van der Waals surface area contributed by atoms with Gasteiger partial charge in [-0.2, -0.15) is 0 Å². The zero-order valence-corrected chi connectivity index (χ0v) is 10.1. The Morgan fingerprint density at radius 3 is 2.95 bits per heavy atom. The zero-order valence-electron chi connectivity index (χ0n) is 10.1. The van der Waals surface area contributed by atoms with Crippen LogP contribution in [-0.4, -0.2) is 32.7 Å². The highest BCUT2D eigenvalue weighted by Gasteiger charge is 2.11. The lowest BCUT2D eigenvalue weighted by atomic mass is 10.2. The van der Waals surface area contributed by atoms with E-state index in [4.69, 9.17) is 0 Å². The molecular formula is C13H10N4O2. The van der Waals surface area contributed by atoms with Crippen molar-refractivity contribution in [1.82, 2.24) is 19.6 Å². The van der Waals surface area contributed by atoms with Gasteiger partial charge in [0, 0.05) is 24.2 Å². The molecule has 0 spiro atoms. The monoisotopic (exact) mass is 254 g/mol. The Labute approximate surface area is 108 Å². The van der Waals surface area contributed by atoms with Gasteiger partial charge in [-0.15, -0.1) is 10.2 Å². The van der Waals surface area contributed by atoms with Crippen molar-refractivity contribution in [1.29, 1.82) is 0 Å². The van der Waals surface area contributed by atoms with Crippen LogP contribution >= 0.6 is 0 Å². The minimum absolute atomic E-state index is 0.395. The SMILES string of the molecule is COC(=O)c1ccn2c(-c3cccnc3)nnc2c1. The molecule has 0 unspecified atom stereocenters. The number of carbonyl (C=O) groups is 1. The molecule has 0 saturated carbocycles. The summed E-state index contributed by atoms with van der Waals surface area (Å²) in [5.41, 5.74) is 1.89. The standard InChI is InChI=1S/C13H10N4O2/c1-19-13(18)9-4-6-17-11(7-9)15-16-12(17)10-3-2-5-14-8-10/h2-8H,1H3. The first kappa shape index (κ1) is 11.3. The molecule has 0 aromatic carbocycles. The molecule has 0 radical (unpaired) electrons. The molecule has 3 rings (SSSR count). The van der Waals surface area contributed by atoms with E-state index in [9.17, 15) is 4.79 Å².